The van der Waals surface area contributed by atoms with Crippen LogP contribution in [0.5, 0.6) is 0 Å². The molecule has 3 aromatic carbocycles. The molecule has 0 aliphatic heterocycles. The third-order valence-corrected chi connectivity index (χ3v) is 3.35. The van der Waals surface area contributed by atoms with Crippen LogP contribution in [-0.2, 0) is 0 Å². The van der Waals surface area contributed by atoms with Crippen molar-refractivity contribution in [3.8, 4) is 11.1 Å². The second kappa shape index (κ2) is 6.22. The van der Waals surface area contributed by atoms with Crippen LogP contribution in [0.2, 0.25) is 0 Å². The van der Waals surface area contributed by atoms with Crippen molar-refractivity contribution in [2.45, 2.75) is 0 Å². The number of hydrogen-bond acceptors (Lipinski definition) is 1. The van der Waals surface area contributed by atoms with Gasteiger partial charge >= 0.3 is 0 Å². The first kappa shape index (κ1) is 14.0. The molecular weight excluding hydrogens is 277 g/mol. The summed E-state index contributed by atoms with van der Waals surface area (Å²) in [4.78, 5) is 12.1. The van der Waals surface area contributed by atoms with E-state index in [1.165, 1.54) is 12.1 Å². The van der Waals surface area contributed by atoms with Crippen LogP contribution in [0.25, 0.3) is 11.1 Å². The summed E-state index contributed by atoms with van der Waals surface area (Å²) in [5, 5.41) is 2.73. The summed E-state index contributed by atoms with van der Waals surface area (Å²) in [5.74, 6) is -0.984. The fourth-order valence-electron chi connectivity index (χ4n) is 2.25. The van der Waals surface area contributed by atoms with Crippen LogP contribution in [0, 0.1) is 5.82 Å². The first-order chi connectivity index (χ1) is 10.7. The lowest BCUT2D eigenvalue weighted by atomic mass is 10.1. The molecule has 0 atom stereocenters. The van der Waals surface area contributed by atoms with Crippen LogP contribution >= 0.6 is 0 Å². The van der Waals surface area contributed by atoms with Crippen molar-refractivity contribution in [2.24, 2.45) is 0 Å². The highest BCUT2D eigenvalue weighted by Crippen LogP contribution is 2.22. The summed E-state index contributed by atoms with van der Waals surface area (Å²) in [6.07, 6.45) is 0. The quantitative estimate of drug-likeness (QED) is 0.741. The molecule has 3 rings (SSSR count). The van der Waals surface area contributed by atoms with E-state index in [2.05, 4.69) is 5.32 Å². The van der Waals surface area contributed by atoms with Gasteiger partial charge in [0.15, 0.2) is 0 Å². The first-order valence-electron chi connectivity index (χ1n) is 6.95. The molecule has 0 fully saturated rings. The molecule has 0 aliphatic rings. The highest BCUT2D eigenvalue weighted by Gasteiger charge is 2.11. The third kappa shape index (κ3) is 3.04. The fraction of sp³-hybridized carbons (Fsp3) is 0. The Morgan fingerprint density at radius 1 is 0.773 bits per heavy atom. The zero-order chi connectivity index (χ0) is 15.4. The van der Waals surface area contributed by atoms with Gasteiger partial charge in [-0.3, -0.25) is 4.79 Å². The van der Waals surface area contributed by atoms with E-state index in [0.717, 1.165) is 11.1 Å². The van der Waals surface area contributed by atoms with Gasteiger partial charge in [0, 0.05) is 5.69 Å². The van der Waals surface area contributed by atoms with E-state index in [9.17, 15) is 9.18 Å². The lowest BCUT2D eigenvalue weighted by molar-refractivity contribution is 0.102. The van der Waals surface area contributed by atoms with Crippen LogP contribution in [0.1, 0.15) is 10.4 Å². The van der Waals surface area contributed by atoms with Crippen LogP contribution in [-0.4, -0.2) is 5.91 Å². The van der Waals surface area contributed by atoms with Gasteiger partial charge in [-0.15, -0.1) is 0 Å². The molecule has 1 N–H and O–H groups in total. The Morgan fingerprint density at radius 2 is 1.45 bits per heavy atom. The number of carbonyl (C=O) groups excluding carboxylic acids is 1. The topological polar surface area (TPSA) is 29.1 Å². The van der Waals surface area contributed by atoms with Gasteiger partial charge in [-0.1, -0.05) is 54.6 Å². The lowest BCUT2D eigenvalue weighted by Crippen LogP contribution is -2.13. The van der Waals surface area contributed by atoms with Crippen molar-refractivity contribution < 1.29 is 9.18 Å². The number of anilines is 1. The maximum atomic E-state index is 13.6. The standard InChI is InChI=1S/C19H14FNO/c20-18-12-5-4-11-17(18)19(22)21-16-10-6-9-15(13-16)14-7-2-1-3-8-14/h1-13H,(H,21,22). The molecule has 0 radical (unpaired) electrons. The Bertz CT molecular complexity index is 799. The minimum absolute atomic E-state index is 0.0348. The Hall–Kier alpha value is -2.94. The van der Waals surface area contributed by atoms with Crippen molar-refractivity contribution in [2.75, 3.05) is 5.32 Å². The number of rotatable bonds is 3. The van der Waals surface area contributed by atoms with Crippen molar-refractivity contribution in [1.82, 2.24) is 0 Å². The molecule has 0 aliphatic carbocycles. The molecule has 22 heavy (non-hydrogen) atoms. The van der Waals surface area contributed by atoms with Gasteiger partial charge in [0.1, 0.15) is 5.82 Å². The van der Waals surface area contributed by atoms with Crippen LogP contribution in [0.15, 0.2) is 78.9 Å². The summed E-state index contributed by atoms with van der Waals surface area (Å²) in [6.45, 7) is 0. The van der Waals surface area contributed by atoms with Gasteiger partial charge in [-0.25, -0.2) is 4.39 Å². The summed E-state index contributed by atoms with van der Waals surface area (Å²) >= 11 is 0. The minimum atomic E-state index is -0.529. The second-order valence-electron chi connectivity index (χ2n) is 4.88. The van der Waals surface area contributed by atoms with Crippen LogP contribution < -0.4 is 5.32 Å². The van der Waals surface area contributed by atoms with Gasteiger partial charge in [-0.05, 0) is 35.4 Å². The Balaban J connectivity index is 1.85. The van der Waals surface area contributed by atoms with E-state index in [-0.39, 0.29) is 5.56 Å². The van der Waals surface area contributed by atoms with E-state index in [1.807, 2.05) is 48.5 Å². The number of halogens is 1. The van der Waals surface area contributed by atoms with Crippen molar-refractivity contribution in [3.63, 3.8) is 0 Å². The lowest BCUT2D eigenvalue weighted by Gasteiger charge is -2.08. The fourth-order valence-corrected chi connectivity index (χ4v) is 2.25. The van der Waals surface area contributed by atoms with Gasteiger partial charge in [0.25, 0.3) is 5.91 Å². The normalized spacial score (nSPS) is 10.2. The molecule has 0 saturated heterocycles. The number of amides is 1. The summed E-state index contributed by atoms with van der Waals surface area (Å²) in [7, 11) is 0. The summed E-state index contributed by atoms with van der Waals surface area (Å²) < 4.78 is 13.6. The summed E-state index contributed by atoms with van der Waals surface area (Å²) in [5.41, 5.74) is 2.72. The van der Waals surface area contributed by atoms with Crippen LogP contribution in [0.4, 0.5) is 10.1 Å². The molecule has 0 aromatic heterocycles. The molecule has 0 bridgehead atoms. The highest BCUT2D eigenvalue weighted by atomic mass is 19.1. The Labute approximate surface area is 128 Å². The highest BCUT2D eigenvalue weighted by molar-refractivity contribution is 6.04. The molecule has 108 valence electrons. The molecule has 0 spiro atoms. The van der Waals surface area contributed by atoms with Crippen molar-refractivity contribution in [1.29, 1.82) is 0 Å². The van der Waals surface area contributed by atoms with Gasteiger partial charge in [-0.2, -0.15) is 0 Å². The average molecular weight is 291 g/mol. The number of hydrogen-bond donors (Lipinski definition) is 1. The largest absolute Gasteiger partial charge is 0.322 e. The predicted octanol–water partition coefficient (Wildman–Crippen LogP) is 4.75. The first-order valence-corrected chi connectivity index (χ1v) is 6.95. The molecule has 0 saturated carbocycles. The average Bonchev–Trinajstić information content (AvgIpc) is 2.56. The van der Waals surface area contributed by atoms with Crippen molar-refractivity contribution >= 4 is 11.6 Å². The molecule has 0 unspecified atom stereocenters. The second-order valence-corrected chi connectivity index (χ2v) is 4.88. The molecule has 3 aromatic rings. The van der Waals surface area contributed by atoms with Gasteiger partial charge in [0.05, 0.1) is 5.56 Å². The van der Waals surface area contributed by atoms with E-state index in [1.54, 1.807) is 18.2 Å². The smallest absolute Gasteiger partial charge is 0.258 e. The van der Waals surface area contributed by atoms with Gasteiger partial charge in [0.2, 0.25) is 0 Å². The van der Waals surface area contributed by atoms with Gasteiger partial charge < -0.3 is 5.32 Å². The zero-order valence-corrected chi connectivity index (χ0v) is 11.8. The third-order valence-electron chi connectivity index (χ3n) is 3.35. The van der Waals surface area contributed by atoms with Crippen LogP contribution in [0.3, 0.4) is 0 Å². The predicted molar refractivity (Wildman–Crippen MR) is 86.2 cm³/mol. The molecule has 3 heteroatoms. The van der Waals surface area contributed by atoms with E-state index in [0.29, 0.717) is 5.69 Å². The summed E-state index contributed by atoms with van der Waals surface area (Å²) in [6, 6.07) is 23.3. The molecule has 0 heterocycles. The minimum Gasteiger partial charge on any atom is -0.322 e. The maximum absolute atomic E-state index is 13.6. The number of carbonyl (C=O) groups is 1. The van der Waals surface area contributed by atoms with Crippen molar-refractivity contribution in [3.05, 3.63) is 90.2 Å². The SMILES string of the molecule is O=C(Nc1cccc(-c2ccccc2)c1)c1ccccc1F. The molecule has 1 amide bonds. The van der Waals surface area contributed by atoms with E-state index in [4.69, 9.17) is 0 Å². The Kier molecular flexibility index (Phi) is 3.97. The van der Waals surface area contributed by atoms with E-state index < -0.39 is 11.7 Å². The number of nitrogens with one attached hydrogen (secondary N) is 1. The zero-order valence-electron chi connectivity index (χ0n) is 11.8. The number of benzene rings is 3. The maximum Gasteiger partial charge on any atom is 0.258 e. The van der Waals surface area contributed by atoms with E-state index >= 15 is 0 Å². The Morgan fingerprint density at radius 3 is 2.23 bits per heavy atom. The molecule has 2 nitrogen and oxygen atoms in total. The molecular formula is C19H14FNO. The monoisotopic (exact) mass is 291 g/mol.